The van der Waals surface area contributed by atoms with E-state index in [2.05, 4.69) is 26.1 Å². The highest BCUT2D eigenvalue weighted by Crippen LogP contribution is 2.29. The van der Waals surface area contributed by atoms with E-state index in [4.69, 9.17) is 0 Å². The lowest BCUT2D eigenvalue weighted by Crippen LogP contribution is -2.32. The molecule has 0 atom stereocenters. The summed E-state index contributed by atoms with van der Waals surface area (Å²) < 4.78 is 40.8. The van der Waals surface area contributed by atoms with Crippen molar-refractivity contribution in [1.82, 2.24) is 26.1 Å². The molecule has 27 heavy (non-hydrogen) atoms. The molecule has 0 saturated carbocycles. The van der Waals surface area contributed by atoms with Crippen LogP contribution in [0.25, 0.3) is 22.0 Å². The number of H-pyrrole nitrogens is 1. The van der Waals surface area contributed by atoms with Gasteiger partial charge in [-0.15, -0.1) is 0 Å². The number of nitrogens with one attached hydrogen (secondary N) is 5. The van der Waals surface area contributed by atoms with Gasteiger partial charge in [0.15, 0.2) is 0 Å². The first-order valence-corrected chi connectivity index (χ1v) is 9.83. The Bertz CT molecular complexity index is 1110. The molecule has 4 rings (SSSR count). The van der Waals surface area contributed by atoms with E-state index in [1.54, 1.807) is 42.7 Å². The van der Waals surface area contributed by atoms with Gasteiger partial charge in [-0.05, 0) is 35.9 Å². The molecule has 0 unspecified atom stereocenters. The maximum Gasteiger partial charge on any atom is 0.240 e. The predicted molar refractivity (Wildman–Crippen MR) is 101 cm³/mol. The minimum atomic E-state index is -3.59. The van der Waals surface area contributed by atoms with Crippen molar-refractivity contribution in [2.75, 3.05) is 6.54 Å². The van der Waals surface area contributed by atoms with Crippen molar-refractivity contribution in [2.24, 2.45) is 0 Å². The second-order valence-corrected chi connectivity index (χ2v) is 7.90. The lowest BCUT2D eigenvalue weighted by molar-refractivity contribution is 0.573. The van der Waals surface area contributed by atoms with Gasteiger partial charge in [0.2, 0.25) is 10.0 Å². The standard InChI is InChI=1S/C18H18FN5O2S/c19-13-3-6-16-17(11-20-18(16)9-13)12-1-4-15(5-2-12)27(25,26)22-8-7-14-10-21-24-23-14/h1-6,9-11,20-24H,7-8H2. The molecule has 0 aliphatic carbocycles. The van der Waals surface area contributed by atoms with Crippen LogP contribution in [-0.4, -0.2) is 19.9 Å². The van der Waals surface area contributed by atoms with Gasteiger partial charge in [-0.2, -0.15) is 5.53 Å². The van der Waals surface area contributed by atoms with Gasteiger partial charge >= 0.3 is 0 Å². The highest BCUT2D eigenvalue weighted by atomic mass is 32.2. The van der Waals surface area contributed by atoms with Gasteiger partial charge in [0, 0.05) is 47.5 Å². The van der Waals surface area contributed by atoms with Crippen LogP contribution in [0.15, 0.2) is 65.5 Å². The summed E-state index contributed by atoms with van der Waals surface area (Å²) in [6, 6.07) is 11.2. The molecule has 9 heteroatoms. The van der Waals surface area contributed by atoms with E-state index in [0.29, 0.717) is 11.9 Å². The Hall–Kier alpha value is -2.88. The lowest BCUT2D eigenvalue weighted by atomic mass is 10.1. The van der Waals surface area contributed by atoms with Crippen molar-refractivity contribution in [3.05, 3.63) is 66.4 Å². The van der Waals surface area contributed by atoms with E-state index in [0.717, 1.165) is 22.2 Å². The fourth-order valence-electron chi connectivity index (χ4n) is 2.96. The quantitative estimate of drug-likeness (QED) is 0.446. The summed E-state index contributed by atoms with van der Waals surface area (Å²) in [5, 5.41) is 0.879. The molecule has 0 amide bonds. The number of aromatic amines is 1. The summed E-state index contributed by atoms with van der Waals surface area (Å²) in [4.78, 5) is 3.23. The summed E-state index contributed by atoms with van der Waals surface area (Å²) in [6.45, 7) is 0.278. The van der Waals surface area contributed by atoms with Crippen LogP contribution in [0.4, 0.5) is 4.39 Å². The second-order valence-electron chi connectivity index (χ2n) is 6.13. The minimum absolute atomic E-state index is 0.196. The molecule has 140 valence electrons. The van der Waals surface area contributed by atoms with Gasteiger partial charge in [-0.25, -0.2) is 17.5 Å². The summed E-state index contributed by atoms with van der Waals surface area (Å²) >= 11 is 0. The summed E-state index contributed by atoms with van der Waals surface area (Å²) in [5.74, 6) is -0.307. The summed E-state index contributed by atoms with van der Waals surface area (Å²) in [5.41, 5.74) is 11.6. The zero-order valence-corrected chi connectivity index (χ0v) is 15.0. The fourth-order valence-corrected chi connectivity index (χ4v) is 4.00. The molecule has 0 bridgehead atoms. The smallest absolute Gasteiger partial charge is 0.240 e. The molecule has 0 radical (unpaired) electrons. The Morgan fingerprint density at radius 1 is 1.07 bits per heavy atom. The van der Waals surface area contributed by atoms with Gasteiger partial charge in [0.25, 0.3) is 0 Å². The van der Waals surface area contributed by atoms with Crippen LogP contribution in [0.5, 0.6) is 0 Å². The van der Waals surface area contributed by atoms with E-state index in [-0.39, 0.29) is 17.3 Å². The van der Waals surface area contributed by atoms with Crippen molar-refractivity contribution < 1.29 is 12.8 Å². The van der Waals surface area contributed by atoms with Crippen LogP contribution in [0, 0.1) is 5.82 Å². The number of hydrazine groups is 2. The second kappa shape index (κ2) is 7.03. The molecule has 3 aromatic rings. The van der Waals surface area contributed by atoms with Gasteiger partial charge < -0.3 is 15.8 Å². The van der Waals surface area contributed by atoms with Crippen molar-refractivity contribution in [1.29, 1.82) is 0 Å². The highest BCUT2D eigenvalue weighted by Gasteiger charge is 2.15. The molecule has 2 aromatic carbocycles. The molecule has 1 aliphatic heterocycles. The Labute approximate surface area is 155 Å². The minimum Gasteiger partial charge on any atom is -0.360 e. The number of sulfonamides is 1. The first-order valence-electron chi connectivity index (χ1n) is 8.35. The molecule has 5 N–H and O–H groups in total. The zero-order valence-electron chi connectivity index (χ0n) is 14.2. The zero-order chi connectivity index (χ0) is 18.9. The fraction of sp³-hybridized carbons (Fsp3) is 0.111. The SMILES string of the molecule is O=S(=O)(NCCC1=CNNN1)c1ccc(-c2c[nH]c3cc(F)ccc23)cc1. The molecule has 0 saturated heterocycles. The van der Waals surface area contributed by atoms with E-state index in [9.17, 15) is 12.8 Å². The molecule has 7 nitrogen and oxygen atoms in total. The third kappa shape index (κ3) is 3.65. The maximum absolute atomic E-state index is 13.3. The maximum atomic E-state index is 13.3. The van der Waals surface area contributed by atoms with E-state index in [1.165, 1.54) is 12.1 Å². The van der Waals surface area contributed by atoms with Gasteiger partial charge in [0.05, 0.1) is 4.90 Å². The van der Waals surface area contributed by atoms with E-state index >= 15 is 0 Å². The molecule has 1 aliphatic rings. The average molecular weight is 387 g/mol. The van der Waals surface area contributed by atoms with Crippen LogP contribution in [0.3, 0.4) is 0 Å². The largest absolute Gasteiger partial charge is 0.360 e. The van der Waals surface area contributed by atoms with Crippen molar-refractivity contribution >= 4 is 20.9 Å². The van der Waals surface area contributed by atoms with Gasteiger partial charge in [-0.3, -0.25) is 0 Å². The molecular formula is C18H18FN5O2S. The molecule has 0 spiro atoms. The lowest BCUT2D eigenvalue weighted by Gasteiger charge is -2.08. The third-order valence-corrected chi connectivity index (χ3v) is 5.82. The van der Waals surface area contributed by atoms with Crippen LogP contribution >= 0.6 is 0 Å². The van der Waals surface area contributed by atoms with Crippen molar-refractivity contribution in [2.45, 2.75) is 11.3 Å². The van der Waals surface area contributed by atoms with Crippen LogP contribution in [0.2, 0.25) is 0 Å². The average Bonchev–Trinajstić information content (AvgIpc) is 3.31. The number of hydrogen-bond donors (Lipinski definition) is 5. The van der Waals surface area contributed by atoms with Crippen LogP contribution in [0.1, 0.15) is 6.42 Å². The van der Waals surface area contributed by atoms with Gasteiger partial charge in [-0.1, -0.05) is 12.1 Å². The Morgan fingerprint density at radius 3 is 2.63 bits per heavy atom. The third-order valence-electron chi connectivity index (χ3n) is 4.35. The first kappa shape index (κ1) is 17.5. The number of hydrogen-bond acceptors (Lipinski definition) is 5. The number of rotatable bonds is 6. The number of aromatic nitrogens is 1. The molecule has 1 aromatic heterocycles. The normalized spacial score (nSPS) is 14.0. The van der Waals surface area contributed by atoms with E-state index in [1.807, 2.05) is 0 Å². The summed E-state index contributed by atoms with van der Waals surface area (Å²) in [7, 11) is -3.59. The van der Waals surface area contributed by atoms with Crippen molar-refractivity contribution in [3.8, 4) is 11.1 Å². The van der Waals surface area contributed by atoms with Crippen molar-refractivity contribution in [3.63, 3.8) is 0 Å². The molecule has 2 heterocycles. The number of fused-ring (bicyclic) bond motifs is 1. The summed E-state index contributed by atoms with van der Waals surface area (Å²) in [6.07, 6.45) is 4.05. The molecular weight excluding hydrogens is 369 g/mol. The van der Waals surface area contributed by atoms with Crippen LogP contribution < -0.4 is 21.1 Å². The van der Waals surface area contributed by atoms with E-state index < -0.39 is 10.0 Å². The molecule has 0 fully saturated rings. The topological polar surface area (TPSA) is 98.1 Å². The highest BCUT2D eigenvalue weighted by molar-refractivity contribution is 7.89. The number of halogens is 1. The first-order chi connectivity index (χ1) is 13.0. The Kier molecular flexibility index (Phi) is 4.56. The predicted octanol–water partition coefficient (Wildman–Crippen LogP) is 2.10. The Balaban J connectivity index is 1.50. The van der Waals surface area contributed by atoms with Gasteiger partial charge in [0.1, 0.15) is 5.82 Å². The Morgan fingerprint density at radius 2 is 1.89 bits per heavy atom. The van der Waals surface area contributed by atoms with Crippen LogP contribution in [-0.2, 0) is 10.0 Å². The number of benzene rings is 2. The monoisotopic (exact) mass is 387 g/mol.